The summed E-state index contributed by atoms with van der Waals surface area (Å²) >= 11 is 1.67. The molecular weight excluding hydrogens is 168 g/mol. The Morgan fingerprint density at radius 3 is 3.17 bits per heavy atom. The van der Waals surface area contributed by atoms with E-state index in [4.69, 9.17) is 5.26 Å². The lowest BCUT2D eigenvalue weighted by Gasteiger charge is -1.92. The van der Waals surface area contributed by atoms with Crippen molar-refractivity contribution in [2.24, 2.45) is 0 Å². The van der Waals surface area contributed by atoms with E-state index >= 15 is 0 Å². The van der Waals surface area contributed by atoms with Gasteiger partial charge in [0.2, 0.25) is 0 Å². The highest BCUT2D eigenvalue weighted by Crippen LogP contribution is 2.18. The summed E-state index contributed by atoms with van der Waals surface area (Å²) in [5, 5.41) is 10.5. The van der Waals surface area contributed by atoms with Crippen LogP contribution in [0.1, 0.15) is 5.69 Å². The van der Waals surface area contributed by atoms with Gasteiger partial charge in [0.1, 0.15) is 0 Å². The highest BCUT2D eigenvalue weighted by Gasteiger charge is 1.97. The molecule has 12 heavy (non-hydrogen) atoms. The van der Waals surface area contributed by atoms with Crippen LogP contribution in [0.4, 0.5) is 0 Å². The summed E-state index contributed by atoms with van der Waals surface area (Å²) in [6.07, 6.45) is 0.395. The van der Waals surface area contributed by atoms with Gasteiger partial charge >= 0.3 is 0 Å². The molecule has 0 spiro atoms. The fourth-order valence-electron chi connectivity index (χ4n) is 1.07. The Morgan fingerprint density at radius 1 is 1.42 bits per heavy atom. The van der Waals surface area contributed by atoms with E-state index in [0.29, 0.717) is 6.42 Å². The maximum absolute atomic E-state index is 8.45. The molecule has 2 aromatic heterocycles. The predicted octanol–water partition coefficient (Wildman–Crippen LogP) is 2.36. The molecule has 0 radical (unpaired) electrons. The Balaban J connectivity index is 2.54. The van der Waals surface area contributed by atoms with Crippen molar-refractivity contribution in [2.45, 2.75) is 6.42 Å². The molecule has 0 bridgehead atoms. The minimum absolute atomic E-state index is 0.395. The van der Waals surface area contributed by atoms with Gasteiger partial charge in [-0.3, -0.25) is 4.98 Å². The van der Waals surface area contributed by atoms with Crippen molar-refractivity contribution in [3.05, 3.63) is 29.3 Å². The zero-order chi connectivity index (χ0) is 8.39. The largest absolute Gasteiger partial charge is 0.251 e. The number of nitrogens with zero attached hydrogens (tertiary/aromatic N) is 2. The van der Waals surface area contributed by atoms with Crippen molar-refractivity contribution in [3.63, 3.8) is 0 Å². The third kappa shape index (κ3) is 1.17. The van der Waals surface area contributed by atoms with Crippen LogP contribution in [-0.2, 0) is 6.42 Å². The summed E-state index contributed by atoms with van der Waals surface area (Å²) in [6, 6.07) is 7.97. The van der Waals surface area contributed by atoms with Crippen molar-refractivity contribution in [1.29, 1.82) is 5.26 Å². The molecule has 0 aromatic carbocycles. The van der Waals surface area contributed by atoms with Crippen LogP contribution in [-0.4, -0.2) is 4.98 Å². The Bertz CT molecular complexity index is 439. The molecule has 3 heteroatoms. The highest BCUT2D eigenvalue weighted by atomic mass is 32.1. The van der Waals surface area contributed by atoms with E-state index in [-0.39, 0.29) is 0 Å². The Kier molecular flexibility index (Phi) is 1.77. The molecule has 0 saturated heterocycles. The molecule has 0 unspecified atom stereocenters. The quantitative estimate of drug-likeness (QED) is 0.665. The first-order valence-corrected chi connectivity index (χ1v) is 4.48. The van der Waals surface area contributed by atoms with Gasteiger partial charge in [0.05, 0.1) is 28.4 Å². The van der Waals surface area contributed by atoms with Gasteiger partial charge in [-0.1, -0.05) is 0 Å². The molecular formula is C9H6N2S. The van der Waals surface area contributed by atoms with Crippen LogP contribution in [0.3, 0.4) is 0 Å². The molecule has 0 N–H and O–H groups in total. The van der Waals surface area contributed by atoms with E-state index in [1.807, 2.05) is 23.6 Å². The zero-order valence-electron chi connectivity index (χ0n) is 6.32. The molecule has 0 amide bonds. The lowest BCUT2D eigenvalue weighted by Crippen LogP contribution is -1.85. The van der Waals surface area contributed by atoms with Gasteiger partial charge in [-0.15, -0.1) is 11.3 Å². The van der Waals surface area contributed by atoms with E-state index in [9.17, 15) is 0 Å². The summed E-state index contributed by atoms with van der Waals surface area (Å²) in [5.41, 5.74) is 1.84. The van der Waals surface area contributed by atoms with E-state index in [1.165, 1.54) is 4.70 Å². The molecule has 0 saturated carbocycles. The SMILES string of the molecule is N#CCc1ccc2sccc2n1. The molecule has 2 heterocycles. The summed E-state index contributed by atoms with van der Waals surface area (Å²) in [7, 11) is 0. The minimum Gasteiger partial charge on any atom is -0.251 e. The van der Waals surface area contributed by atoms with Gasteiger partial charge in [-0.2, -0.15) is 5.26 Å². The third-order valence-electron chi connectivity index (χ3n) is 1.62. The van der Waals surface area contributed by atoms with Crippen LogP contribution in [0.2, 0.25) is 0 Å². The van der Waals surface area contributed by atoms with Gasteiger partial charge in [-0.05, 0) is 23.6 Å². The van der Waals surface area contributed by atoms with Crippen LogP contribution in [0.5, 0.6) is 0 Å². The number of aromatic nitrogens is 1. The smallest absolute Gasteiger partial charge is 0.0813 e. The molecule has 0 aliphatic carbocycles. The predicted molar refractivity (Wildman–Crippen MR) is 48.9 cm³/mol. The normalized spacial score (nSPS) is 9.92. The van der Waals surface area contributed by atoms with Crippen molar-refractivity contribution >= 4 is 21.6 Å². The number of pyridine rings is 1. The van der Waals surface area contributed by atoms with E-state index in [2.05, 4.69) is 11.1 Å². The molecule has 2 rings (SSSR count). The molecule has 0 fully saturated rings. The van der Waals surface area contributed by atoms with Crippen LogP contribution in [0.15, 0.2) is 23.6 Å². The van der Waals surface area contributed by atoms with Gasteiger partial charge in [0.25, 0.3) is 0 Å². The number of rotatable bonds is 1. The first kappa shape index (κ1) is 7.26. The van der Waals surface area contributed by atoms with Gasteiger partial charge in [0.15, 0.2) is 0 Å². The number of hydrogen-bond donors (Lipinski definition) is 0. The molecule has 0 aliphatic heterocycles. The van der Waals surface area contributed by atoms with Crippen LogP contribution in [0, 0.1) is 11.3 Å². The minimum atomic E-state index is 0.395. The second-order valence-electron chi connectivity index (χ2n) is 2.44. The van der Waals surface area contributed by atoms with Crippen molar-refractivity contribution in [1.82, 2.24) is 4.98 Å². The van der Waals surface area contributed by atoms with Crippen LogP contribution >= 0.6 is 11.3 Å². The number of hydrogen-bond acceptors (Lipinski definition) is 3. The van der Waals surface area contributed by atoms with Gasteiger partial charge in [0, 0.05) is 0 Å². The monoisotopic (exact) mass is 174 g/mol. The first-order valence-electron chi connectivity index (χ1n) is 3.60. The first-order chi connectivity index (χ1) is 5.90. The van der Waals surface area contributed by atoms with Crippen LogP contribution in [0.25, 0.3) is 10.2 Å². The Hall–Kier alpha value is -1.40. The molecule has 0 atom stereocenters. The Morgan fingerprint density at radius 2 is 2.33 bits per heavy atom. The van der Waals surface area contributed by atoms with Gasteiger partial charge in [-0.25, -0.2) is 0 Å². The van der Waals surface area contributed by atoms with Crippen molar-refractivity contribution in [2.75, 3.05) is 0 Å². The van der Waals surface area contributed by atoms with Crippen molar-refractivity contribution < 1.29 is 0 Å². The highest BCUT2D eigenvalue weighted by molar-refractivity contribution is 7.17. The maximum atomic E-state index is 8.45. The standard InChI is InChI=1S/C9H6N2S/c10-5-3-7-1-2-9-8(11-7)4-6-12-9/h1-2,4,6H,3H2. The number of nitriles is 1. The molecule has 0 aliphatic rings. The van der Waals surface area contributed by atoms with Crippen molar-refractivity contribution in [3.8, 4) is 6.07 Å². The second-order valence-corrected chi connectivity index (χ2v) is 3.39. The molecule has 2 aromatic rings. The summed E-state index contributed by atoms with van der Waals surface area (Å²) < 4.78 is 1.18. The third-order valence-corrected chi connectivity index (χ3v) is 2.50. The fourth-order valence-corrected chi connectivity index (χ4v) is 1.80. The number of fused-ring (bicyclic) bond motifs is 1. The summed E-state index contributed by atoms with van der Waals surface area (Å²) in [5.74, 6) is 0. The number of thiophene rings is 1. The van der Waals surface area contributed by atoms with E-state index in [1.54, 1.807) is 11.3 Å². The van der Waals surface area contributed by atoms with Crippen LogP contribution < -0.4 is 0 Å². The second kappa shape index (κ2) is 2.92. The average molecular weight is 174 g/mol. The fraction of sp³-hybridized carbons (Fsp3) is 0.111. The van der Waals surface area contributed by atoms with Gasteiger partial charge < -0.3 is 0 Å². The van der Waals surface area contributed by atoms with E-state index in [0.717, 1.165) is 11.2 Å². The zero-order valence-corrected chi connectivity index (χ0v) is 7.14. The Labute approximate surface area is 74.1 Å². The lowest BCUT2D eigenvalue weighted by atomic mass is 10.3. The lowest BCUT2D eigenvalue weighted by molar-refractivity contribution is 1.15. The van der Waals surface area contributed by atoms with E-state index < -0.39 is 0 Å². The maximum Gasteiger partial charge on any atom is 0.0813 e. The molecule has 58 valence electrons. The molecule has 2 nitrogen and oxygen atoms in total. The topological polar surface area (TPSA) is 36.7 Å². The average Bonchev–Trinajstić information content (AvgIpc) is 2.51. The summed E-state index contributed by atoms with van der Waals surface area (Å²) in [4.78, 5) is 4.31. The summed E-state index contributed by atoms with van der Waals surface area (Å²) in [6.45, 7) is 0.